The van der Waals surface area contributed by atoms with Gasteiger partial charge in [0.1, 0.15) is 6.04 Å². The molecule has 3 rings (SSSR count). The molecule has 0 radical (unpaired) electrons. The number of rotatable bonds is 6. The van der Waals surface area contributed by atoms with Crippen molar-refractivity contribution in [2.24, 2.45) is 5.73 Å². The minimum absolute atomic E-state index is 0.305. The number of nitrogens with two attached hydrogens (primary N) is 1. The van der Waals surface area contributed by atoms with E-state index in [1.165, 1.54) is 4.90 Å². The van der Waals surface area contributed by atoms with Gasteiger partial charge in [-0.25, -0.2) is 0 Å². The summed E-state index contributed by atoms with van der Waals surface area (Å²) < 4.78 is 0. The van der Waals surface area contributed by atoms with E-state index in [1.807, 2.05) is 25.1 Å². The molecule has 5 nitrogen and oxygen atoms in total. The Hall–Kier alpha value is -3.18. The molecule has 28 heavy (non-hydrogen) atoms. The minimum Gasteiger partial charge on any atom is -0.368 e. The monoisotopic (exact) mass is 393 g/mol. The van der Waals surface area contributed by atoms with Crippen molar-refractivity contribution in [3.05, 3.63) is 101 Å². The summed E-state index contributed by atoms with van der Waals surface area (Å²) in [5, 5.41) is 0.550. The van der Waals surface area contributed by atoms with E-state index in [1.54, 1.807) is 60.9 Å². The Kier molecular flexibility index (Phi) is 6.06. The quantitative estimate of drug-likeness (QED) is 0.683. The SMILES string of the molecule is C[C@H](c1cccc(Cl)c1)N(C(=O)c1ccccc1)[C@@H](C(N)=O)c1cccnc1. The summed E-state index contributed by atoms with van der Waals surface area (Å²) in [6.45, 7) is 1.85. The van der Waals surface area contributed by atoms with Crippen LogP contribution in [0.25, 0.3) is 0 Å². The van der Waals surface area contributed by atoms with E-state index in [-0.39, 0.29) is 5.91 Å². The highest BCUT2D eigenvalue weighted by Crippen LogP contribution is 2.33. The Bertz CT molecular complexity index is 964. The number of hydrogen-bond acceptors (Lipinski definition) is 3. The number of carbonyl (C=O) groups excluding carboxylic acids is 2. The molecule has 0 spiro atoms. The van der Waals surface area contributed by atoms with E-state index in [4.69, 9.17) is 17.3 Å². The van der Waals surface area contributed by atoms with E-state index >= 15 is 0 Å². The molecule has 0 aliphatic carbocycles. The van der Waals surface area contributed by atoms with Crippen LogP contribution in [0.3, 0.4) is 0 Å². The first-order valence-electron chi connectivity index (χ1n) is 8.81. The number of amides is 2. The average molecular weight is 394 g/mol. The summed E-state index contributed by atoms with van der Waals surface area (Å²) >= 11 is 6.14. The molecule has 2 aromatic carbocycles. The van der Waals surface area contributed by atoms with Gasteiger partial charge in [-0.15, -0.1) is 0 Å². The highest BCUT2D eigenvalue weighted by Gasteiger charge is 2.34. The average Bonchev–Trinajstić information content (AvgIpc) is 2.72. The van der Waals surface area contributed by atoms with E-state index in [2.05, 4.69) is 4.98 Å². The van der Waals surface area contributed by atoms with E-state index in [9.17, 15) is 9.59 Å². The molecule has 0 unspecified atom stereocenters. The Morgan fingerprint density at radius 1 is 1.00 bits per heavy atom. The fraction of sp³-hybridized carbons (Fsp3) is 0.136. The largest absolute Gasteiger partial charge is 0.368 e. The second kappa shape index (κ2) is 8.67. The van der Waals surface area contributed by atoms with Crippen molar-refractivity contribution in [1.29, 1.82) is 0 Å². The number of benzene rings is 2. The van der Waals surface area contributed by atoms with Crippen LogP contribution in [0.2, 0.25) is 5.02 Å². The Morgan fingerprint density at radius 3 is 2.32 bits per heavy atom. The molecule has 6 heteroatoms. The Labute approximate surface area is 168 Å². The van der Waals surface area contributed by atoms with Crippen molar-refractivity contribution >= 4 is 23.4 Å². The van der Waals surface area contributed by atoms with Crippen LogP contribution in [0.15, 0.2) is 79.1 Å². The maximum atomic E-state index is 13.4. The summed E-state index contributed by atoms with van der Waals surface area (Å²) in [6, 6.07) is 18.0. The van der Waals surface area contributed by atoms with Crippen LogP contribution in [-0.2, 0) is 4.79 Å². The lowest BCUT2D eigenvalue weighted by Crippen LogP contribution is -2.43. The zero-order valence-corrected chi connectivity index (χ0v) is 16.1. The molecule has 3 aromatic rings. The Morgan fingerprint density at radius 2 is 1.71 bits per heavy atom. The van der Waals surface area contributed by atoms with Gasteiger partial charge in [0.25, 0.3) is 5.91 Å². The highest BCUT2D eigenvalue weighted by atomic mass is 35.5. The van der Waals surface area contributed by atoms with Crippen molar-refractivity contribution in [1.82, 2.24) is 9.88 Å². The zero-order valence-electron chi connectivity index (χ0n) is 15.3. The highest BCUT2D eigenvalue weighted by molar-refractivity contribution is 6.30. The van der Waals surface area contributed by atoms with Gasteiger partial charge in [0.2, 0.25) is 5.91 Å². The lowest BCUT2D eigenvalue weighted by Gasteiger charge is -2.35. The van der Waals surface area contributed by atoms with Gasteiger partial charge in [-0.1, -0.05) is 48.0 Å². The van der Waals surface area contributed by atoms with Crippen LogP contribution >= 0.6 is 11.6 Å². The van der Waals surface area contributed by atoms with Gasteiger partial charge in [-0.05, 0) is 42.8 Å². The number of halogens is 1. The smallest absolute Gasteiger partial charge is 0.255 e. The number of primary amides is 1. The molecule has 2 atom stereocenters. The molecule has 0 saturated heterocycles. The van der Waals surface area contributed by atoms with E-state index in [0.717, 1.165) is 5.56 Å². The van der Waals surface area contributed by atoms with Gasteiger partial charge < -0.3 is 10.6 Å². The molecule has 2 amide bonds. The van der Waals surface area contributed by atoms with E-state index in [0.29, 0.717) is 16.1 Å². The number of pyridine rings is 1. The third-order valence-corrected chi connectivity index (χ3v) is 4.79. The van der Waals surface area contributed by atoms with Crippen molar-refractivity contribution in [2.75, 3.05) is 0 Å². The second-order valence-corrected chi connectivity index (χ2v) is 6.84. The molecule has 2 N–H and O–H groups in total. The number of carbonyl (C=O) groups is 2. The predicted octanol–water partition coefficient (Wildman–Crippen LogP) is 4.17. The van der Waals surface area contributed by atoms with Crippen molar-refractivity contribution in [3.8, 4) is 0 Å². The van der Waals surface area contributed by atoms with Gasteiger partial charge in [-0.3, -0.25) is 14.6 Å². The lowest BCUT2D eigenvalue weighted by molar-refractivity contribution is -0.123. The van der Waals surface area contributed by atoms with Crippen molar-refractivity contribution < 1.29 is 9.59 Å². The summed E-state index contributed by atoms with van der Waals surface area (Å²) in [5.74, 6) is -0.938. The molecule has 0 saturated carbocycles. The maximum Gasteiger partial charge on any atom is 0.255 e. The summed E-state index contributed by atoms with van der Waals surface area (Å²) in [5.41, 5.74) is 7.56. The first kappa shape index (κ1) is 19.6. The number of hydrogen-bond donors (Lipinski definition) is 1. The van der Waals surface area contributed by atoms with Gasteiger partial charge in [0.15, 0.2) is 0 Å². The van der Waals surface area contributed by atoms with Crippen LogP contribution in [0.1, 0.15) is 40.5 Å². The topological polar surface area (TPSA) is 76.3 Å². The first-order valence-corrected chi connectivity index (χ1v) is 9.19. The van der Waals surface area contributed by atoms with Crippen LogP contribution in [0, 0.1) is 0 Å². The molecule has 0 aliphatic heterocycles. The molecular weight excluding hydrogens is 374 g/mol. The summed E-state index contributed by atoms with van der Waals surface area (Å²) in [4.78, 5) is 31.5. The van der Waals surface area contributed by atoms with Gasteiger partial charge in [0, 0.05) is 28.5 Å². The third kappa shape index (κ3) is 4.21. The molecular formula is C22H20ClN3O2. The van der Waals surface area contributed by atoms with Crippen molar-refractivity contribution in [2.45, 2.75) is 19.0 Å². The summed E-state index contributed by atoms with van der Waals surface area (Å²) in [6.07, 6.45) is 3.15. The molecule has 0 fully saturated rings. The van der Waals surface area contributed by atoms with E-state index < -0.39 is 18.0 Å². The maximum absolute atomic E-state index is 13.4. The number of nitrogens with zero attached hydrogens (tertiary/aromatic N) is 2. The molecule has 0 aliphatic rings. The Balaban J connectivity index is 2.12. The molecule has 1 heterocycles. The van der Waals surface area contributed by atoms with Crippen LogP contribution in [0.4, 0.5) is 0 Å². The number of aromatic nitrogens is 1. The standard InChI is InChI=1S/C22H20ClN3O2/c1-15(17-9-5-11-19(23)13-17)26(22(28)16-7-3-2-4-8-16)20(21(24)27)18-10-6-12-25-14-18/h2-15,20H,1H3,(H2,24,27)/t15-,20-/m1/s1. The summed E-state index contributed by atoms with van der Waals surface area (Å²) in [7, 11) is 0. The zero-order chi connectivity index (χ0) is 20.1. The van der Waals surface area contributed by atoms with Crippen molar-refractivity contribution in [3.63, 3.8) is 0 Å². The first-order chi connectivity index (χ1) is 13.5. The molecule has 142 valence electrons. The van der Waals surface area contributed by atoms with Crippen LogP contribution < -0.4 is 5.73 Å². The molecule has 1 aromatic heterocycles. The molecule has 0 bridgehead atoms. The fourth-order valence-electron chi connectivity index (χ4n) is 3.17. The van der Waals surface area contributed by atoms with Gasteiger partial charge in [-0.2, -0.15) is 0 Å². The third-order valence-electron chi connectivity index (χ3n) is 4.55. The van der Waals surface area contributed by atoms with Gasteiger partial charge >= 0.3 is 0 Å². The second-order valence-electron chi connectivity index (χ2n) is 6.40. The normalized spacial score (nSPS) is 12.8. The fourth-order valence-corrected chi connectivity index (χ4v) is 3.37. The van der Waals surface area contributed by atoms with Crippen LogP contribution in [-0.4, -0.2) is 21.7 Å². The predicted molar refractivity (Wildman–Crippen MR) is 109 cm³/mol. The van der Waals surface area contributed by atoms with Crippen LogP contribution in [0.5, 0.6) is 0 Å². The lowest BCUT2D eigenvalue weighted by atomic mass is 9.99. The van der Waals surface area contributed by atoms with Gasteiger partial charge in [0.05, 0.1) is 6.04 Å². The minimum atomic E-state index is -0.976.